The highest BCUT2D eigenvalue weighted by molar-refractivity contribution is 5.97. The molecule has 0 fully saturated rings. The zero-order chi connectivity index (χ0) is 23.5. The number of nitrogens with zero attached hydrogens (tertiary/aromatic N) is 4. The number of aromatic nitrogens is 3. The van der Waals surface area contributed by atoms with Crippen LogP contribution in [0.1, 0.15) is 34.0 Å². The highest BCUT2D eigenvalue weighted by atomic mass is 16.2. The number of hydrogen-bond acceptors (Lipinski definition) is 3. The molecule has 1 aliphatic rings. The average molecular weight is 373 g/mol. The van der Waals surface area contributed by atoms with E-state index in [2.05, 4.69) is 10.1 Å². The summed E-state index contributed by atoms with van der Waals surface area (Å²) in [6.07, 6.45) is 3.02. The molecule has 2 aromatic carbocycles. The monoisotopic (exact) mass is 373 g/mol. The van der Waals surface area contributed by atoms with Gasteiger partial charge in [-0.05, 0) is 47.4 Å². The van der Waals surface area contributed by atoms with Gasteiger partial charge in [0.15, 0.2) is 0 Å². The van der Waals surface area contributed by atoms with Crippen LogP contribution in [0.3, 0.4) is 0 Å². The van der Waals surface area contributed by atoms with E-state index in [9.17, 15) is 4.79 Å². The van der Waals surface area contributed by atoms with Crippen molar-refractivity contribution >= 4 is 16.8 Å². The minimum Gasteiger partial charge on any atom is -0.328 e. The standard InChI is InChI=1S/C23H20N4O/c1-15-11-16(18-5-3-7-21-20(18)13-26(2)25-21)8-9-17(15)12-27-14-22-19(23(27)28)6-4-10-24-22/h3-11,13H,12,14H2,1-2H3/i2D3,14D2. The number of fused-ring (bicyclic) bond motifs is 2. The van der Waals surface area contributed by atoms with Crippen molar-refractivity contribution in [1.82, 2.24) is 19.7 Å². The van der Waals surface area contributed by atoms with Gasteiger partial charge in [0, 0.05) is 35.4 Å². The molecule has 5 heteroatoms. The van der Waals surface area contributed by atoms with Gasteiger partial charge in [0.25, 0.3) is 5.91 Å². The Morgan fingerprint density at radius 2 is 2.07 bits per heavy atom. The van der Waals surface area contributed by atoms with E-state index in [0.717, 1.165) is 32.3 Å². The average Bonchev–Trinajstić information content (AvgIpc) is 3.29. The predicted molar refractivity (Wildman–Crippen MR) is 109 cm³/mol. The molecule has 28 heavy (non-hydrogen) atoms. The third-order valence-electron chi connectivity index (χ3n) is 5.06. The zero-order valence-electron chi connectivity index (χ0n) is 20.2. The summed E-state index contributed by atoms with van der Waals surface area (Å²) in [6, 6.07) is 14.5. The minimum absolute atomic E-state index is 0.107. The summed E-state index contributed by atoms with van der Waals surface area (Å²) in [5.74, 6) is -0.381. The molecular weight excluding hydrogens is 348 g/mol. The summed E-state index contributed by atoms with van der Waals surface area (Å²) >= 11 is 0. The number of amides is 1. The van der Waals surface area contributed by atoms with Crippen molar-refractivity contribution in [3.8, 4) is 11.1 Å². The first kappa shape index (κ1) is 12.1. The maximum absolute atomic E-state index is 12.8. The second-order valence-electron chi connectivity index (χ2n) is 6.86. The normalized spacial score (nSPS) is 18.2. The molecule has 0 N–H and O–H groups in total. The molecule has 4 aromatic rings. The van der Waals surface area contributed by atoms with Gasteiger partial charge < -0.3 is 4.90 Å². The fourth-order valence-corrected chi connectivity index (χ4v) is 3.61. The number of aryl methyl sites for hydroxylation is 2. The Labute approximate surface area is 170 Å². The molecule has 5 nitrogen and oxygen atoms in total. The van der Waals surface area contributed by atoms with Crippen molar-refractivity contribution in [3.05, 3.63) is 83.3 Å². The molecule has 0 radical (unpaired) electrons. The zero-order valence-corrected chi connectivity index (χ0v) is 15.2. The summed E-state index contributed by atoms with van der Waals surface area (Å²) in [6.45, 7) is -2.33. The largest absolute Gasteiger partial charge is 0.328 e. The van der Waals surface area contributed by atoms with Gasteiger partial charge in [-0.2, -0.15) is 5.10 Å². The van der Waals surface area contributed by atoms with Crippen molar-refractivity contribution in [2.75, 3.05) is 0 Å². The van der Waals surface area contributed by atoms with E-state index in [0.29, 0.717) is 5.52 Å². The molecule has 5 rings (SSSR count). The number of pyridine rings is 1. The van der Waals surface area contributed by atoms with Crippen LogP contribution in [0.4, 0.5) is 0 Å². The van der Waals surface area contributed by atoms with E-state index in [4.69, 9.17) is 6.85 Å². The van der Waals surface area contributed by atoms with Crippen LogP contribution in [0.15, 0.2) is 60.9 Å². The number of carbonyl (C=O) groups is 1. The summed E-state index contributed by atoms with van der Waals surface area (Å²) in [5, 5.41) is 4.91. The third-order valence-corrected chi connectivity index (χ3v) is 5.06. The number of benzene rings is 2. The van der Waals surface area contributed by atoms with Gasteiger partial charge in [0.2, 0.25) is 0 Å². The first-order valence-corrected chi connectivity index (χ1v) is 8.93. The summed E-state index contributed by atoms with van der Waals surface area (Å²) < 4.78 is 40.7. The molecule has 0 saturated heterocycles. The maximum Gasteiger partial charge on any atom is 0.256 e. The fourth-order valence-electron chi connectivity index (χ4n) is 3.61. The summed E-state index contributed by atoms with van der Waals surface area (Å²) in [7, 11) is 0. The van der Waals surface area contributed by atoms with Crippen LogP contribution in [0, 0.1) is 6.92 Å². The second-order valence-corrected chi connectivity index (χ2v) is 6.86. The lowest BCUT2D eigenvalue weighted by Gasteiger charge is -2.17. The number of carbonyl (C=O) groups excluding carboxylic acids is 1. The van der Waals surface area contributed by atoms with Gasteiger partial charge >= 0.3 is 0 Å². The number of hydrogen-bond donors (Lipinski definition) is 0. The van der Waals surface area contributed by atoms with E-state index >= 15 is 0 Å². The highest BCUT2D eigenvalue weighted by Crippen LogP contribution is 2.30. The van der Waals surface area contributed by atoms with Crippen LogP contribution < -0.4 is 0 Å². The Hall–Kier alpha value is -3.47. The highest BCUT2D eigenvalue weighted by Gasteiger charge is 2.28. The van der Waals surface area contributed by atoms with Crippen LogP contribution >= 0.6 is 0 Å². The Balaban J connectivity index is 1.49. The van der Waals surface area contributed by atoms with Gasteiger partial charge in [0.05, 0.1) is 26.0 Å². The lowest BCUT2D eigenvalue weighted by Crippen LogP contribution is -2.23. The van der Waals surface area contributed by atoms with Crippen LogP contribution in [0.25, 0.3) is 22.0 Å². The van der Waals surface area contributed by atoms with Gasteiger partial charge in [-0.3, -0.25) is 14.5 Å². The lowest BCUT2D eigenvalue weighted by atomic mass is 9.97. The first-order valence-electron chi connectivity index (χ1n) is 11.4. The van der Waals surface area contributed by atoms with Gasteiger partial charge in [-0.15, -0.1) is 0 Å². The molecule has 0 atom stereocenters. The summed E-state index contributed by atoms with van der Waals surface area (Å²) in [4.78, 5) is 18.1. The van der Waals surface area contributed by atoms with Crippen molar-refractivity contribution < 1.29 is 11.6 Å². The molecule has 0 saturated carbocycles. The topological polar surface area (TPSA) is 51.0 Å². The fraction of sp³-hybridized carbons (Fsp3) is 0.174. The van der Waals surface area contributed by atoms with E-state index in [1.807, 2.05) is 37.3 Å². The van der Waals surface area contributed by atoms with Crippen molar-refractivity contribution in [2.24, 2.45) is 6.98 Å². The van der Waals surface area contributed by atoms with Gasteiger partial charge in [0.1, 0.15) is 0 Å². The molecule has 0 unspecified atom stereocenters. The quantitative estimate of drug-likeness (QED) is 0.543. The Kier molecular flexibility index (Phi) is 2.72. The van der Waals surface area contributed by atoms with Crippen molar-refractivity contribution in [2.45, 2.75) is 20.0 Å². The SMILES string of the molecule is [2H]C1([2H])c2ncccc2C(=O)N1Cc1ccc(-c2cccc3nn(C([2H])([2H])[2H])cc23)cc1C. The number of rotatable bonds is 3. The molecule has 0 bridgehead atoms. The predicted octanol–water partition coefficient (Wildman–Crippen LogP) is 4.10. The van der Waals surface area contributed by atoms with Crippen molar-refractivity contribution in [3.63, 3.8) is 0 Å². The smallest absolute Gasteiger partial charge is 0.256 e. The van der Waals surface area contributed by atoms with Gasteiger partial charge in [-0.25, -0.2) is 0 Å². The van der Waals surface area contributed by atoms with Gasteiger partial charge in [-0.1, -0.05) is 30.3 Å². The maximum atomic E-state index is 12.8. The molecule has 138 valence electrons. The van der Waals surface area contributed by atoms with Crippen LogP contribution in [0.5, 0.6) is 0 Å². The van der Waals surface area contributed by atoms with Crippen LogP contribution in [-0.2, 0) is 20.0 Å². The molecule has 0 aliphatic carbocycles. The molecule has 1 aliphatic heterocycles. The lowest BCUT2D eigenvalue weighted by molar-refractivity contribution is 0.0766. The van der Waals surface area contributed by atoms with E-state index < -0.39 is 13.5 Å². The summed E-state index contributed by atoms with van der Waals surface area (Å²) in [5.41, 5.74) is 4.45. The van der Waals surface area contributed by atoms with Crippen LogP contribution in [-0.4, -0.2) is 25.6 Å². The molecule has 0 spiro atoms. The molecule has 2 aromatic heterocycles. The van der Waals surface area contributed by atoms with Crippen LogP contribution in [0.2, 0.25) is 0 Å². The molecule has 1 amide bonds. The van der Waals surface area contributed by atoms with E-state index in [1.165, 1.54) is 17.3 Å². The Bertz CT molecular complexity index is 1410. The second kappa shape index (κ2) is 6.30. The molecular formula is C23H20N4O. The minimum atomic E-state index is -2.36. The van der Waals surface area contributed by atoms with E-state index in [1.54, 1.807) is 18.2 Å². The van der Waals surface area contributed by atoms with Crippen molar-refractivity contribution in [1.29, 1.82) is 0 Å². The Morgan fingerprint density at radius 1 is 1.18 bits per heavy atom. The molecule has 3 heterocycles. The third kappa shape index (κ3) is 2.67. The Morgan fingerprint density at radius 3 is 2.89 bits per heavy atom. The van der Waals surface area contributed by atoms with E-state index in [-0.39, 0.29) is 23.7 Å². The first-order chi connectivity index (χ1) is 15.6.